The highest BCUT2D eigenvalue weighted by Gasteiger charge is 2.14. The van der Waals surface area contributed by atoms with E-state index in [-0.39, 0.29) is 0 Å². The average Bonchev–Trinajstić information content (AvgIpc) is 3.08. The van der Waals surface area contributed by atoms with E-state index in [1.165, 1.54) is 11.3 Å². The maximum absolute atomic E-state index is 6.09. The standard InChI is InChI=1S/C12H9ClN4OS/c13-8-4-2-1-3-7(8)11-16-12(18-17-11)9-6-19-10(5-14)15-9/h1-4,6H,5,14H2. The van der Waals surface area contributed by atoms with Crippen LogP contribution in [-0.2, 0) is 6.54 Å². The lowest BCUT2D eigenvalue weighted by Gasteiger charge is -1.95. The van der Waals surface area contributed by atoms with E-state index < -0.39 is 0 Å². The summed E-state index contributed by atoms with van der Waals surface area (Å²) in [4.78, 5) is 8.59. The normalized spacial score (nSPS) is 10.8. The van der Waals surface area contributed by atoms with Gasteiger partial charge in [0.05, 0.1) is 5.02 Å². The summed E-state index contributed by atoms with van der Waals surface area (Å²) in [5, 5.41) is 7.17. The minimum absolute atomic E-state index is 0.367. The van der Waals surface area contributed by atoms with Gasteiger partial charge in [-0.05, 0) is 12.1 Å². The largest absolute Gasteiger partial charge is 0.332 e. The molecule has 96 valence electrons. The molecule has 0 unspecified atom stereocenters. The number of nitrogens with two attached hydrogens (primary N) is 1. The molecule has 19 heavy (non-hydrogen) atoms. The molecule has 0 aliphatic rings. The second-order valence-corrected chi connectivity index (χ2v) is 5.08. The zero-order chi connectivity index (χ0) is 13.2. The van der Waals surface area contributed by atoms with Crippen molar-refractivity contribution in [2.24, 2.45) is 5.73 Å². The molecule has 2 aromatic heterocycles. The predicted molar refractivity (Wildman–Crippen MR) is 73.7 cm³/mol. The van der Waals surface area contributed by atoms with Gasteiger partial charge >= 0.3 is 0 Å². The lowest BCUT2D eigenvalue weighted by molar-refractivity contribution is 0.431. The molecular weight excluding hydrogens is 284 g/mol. The Kier molecular flexibility index (Phi) is 3.29. The number of nitrogens with zero attached hydrogens (tertiary/aromatic N) is 3. The number of thiazole rings is 1. The van der Waals surface area contributed by atoms with Crippen LogP contribution in [0.5, 0.6) is 0 Å². The molecule has 2 N–H and O–H groups in total. The molecule has 0 aliphatic heterocycles. The minimum atomic E-state index is 0.367. The summed E-state index contributed by atoms with van der Waals surface area (Å²) in [5.74, 6) is 0.814. The van der Waals surface area contributed by atoms with Gasteiger partial charge < -0.3 is 10.3 Å². The first-order valence-corrected chi connectivity index (χ1v) is 6.77. The first-order chi connectivity index (χ1) is 9.28. The molecule has 0 saturated carbocycles. The van der Waals surface area contributed by atoms with Gasteiger partial charge in [-0.3, -0.25) is 0 Å². The summed E-state index contributed by atoms with van der Waals surface area (Å²) < 4.78 is 5.20. The van der Waals surface area contributed by atoms with Crippen molar-refractivity contribution in [2.45, 2.75) is 6.54 Å². The van der Waals surface area contributed by atoms with E-state index >= 15 is 0 Å². The highest BCUT2D eigenvalue weighted by molar-refractivity contribution is 7.09. The molecule has 0 spiro atoms. The minimum Gasteiger partial charge on any atom is -0.332 e. The maximum atomic E-state index is 6.09. The van der Waals surface area contributed by atoms with Crippen LogP contribution in [0.3, 0.4) is 0 Å². The van der Waals surface area contributed by atoms with Gasteiger partial charge in [-0.1, -0.05) is 28.9 Å². The third-order valence-electron chi connectivity index (χ3n) is 2.49. The zero-order valence-corrected chi connectivity index (χ0v) is 11.3. The van der Waals surface area contributed by atoms with Crippen LogP contribution in [0.1, 0.15) is 5.01 Å². The molecule has 0 bridgehead atoms. The average molecular weight is 293 g/mol. The third kappa shape index (κ3) is 2.37. The molecule has 0 radical (unpaired) electrons. The van der Waals surface area contributed by atoms with E-state index in [1.807, 2.05) is 23.6 Å². The highest BCUT2D eigenvalue weighted by Crippen LogP contribution is 2.27. The molecular formula is C12H9ClN4OS. The summed E-state index contributed by atoms with van der Waals surface area (Å²) in [5.41, 5.74) is 6.89. The van der Waals surface area contributed by atoms with Crippen LogP contribution in [0.25, 0.3) is 23.0 Å². The fourth-order valence-corrected chi connectivity index (χ4v) is 2.45. The van der Waals surface area contributed by atoms with Gasteiger partial charge in [-0.2, -0.15) is 4.98 Å². The van der Waals surface area contributed by atoms with Gasteiger partial charge in [-0.25, -0.2) is 4.98 Å². The second-order valence-electron chi connectivity index (χ2n) is 3.73. The van der Waals surface area contributed by atoms with Crippen LogP contribution in [0.2, 0.25) is 5.02 Å². The Hall–Kier alpha value is -1.76. The number of hydrogen-bond donors (Lipinski definition) is 1. The van der Waals surface area contributed by atoms with Gasteiger partial charge in [0.15, 0.2) is 0 Å². The maximum Gasteiger partial charge on any atom is 0.277 e. The van der Waals surface area contributed by atoms with Crippen LogP contribution >= 0.6 is 22.9 Å². The van der Waals surface area contributed by atoms with Crippen molar-refractivity contribution in [1.29, 1.82) is 0 Å². The van der Waals surface area contributed by atoms with Gasteiger partial charge in [0.2, 0.25) is 5.82 Å². The van der Waals surface area contributed by atoms with Crippen molar-refractivity contribution in [3.05, 3.63) is 39.7 Å². The predicted octanol–water partition coefficient (Wildman–Crippen LogP) is 2.97. The van der Waals surface area contributed by atoms with Crippen molar-refractivity contribution in [1.82, 2.24) is 15.1 Å². The van der Waals surface area contributed by atoms with E-state index in [9.17, 15) is 0 Å². The Bertz CT molecular complexity index is 709. The first kappa shape index (κ1) is 12.3. The van der Waals surface area contributed by atoms with Crippen LogP contribution in [-0.4, -0.2) is 15.1 Å². The zero-order valence-electron chi connectivity index (χ0n) is 9.71. The smallest absolute Gasteiger partial charge is 0.277 e. The Morgan fingerprint density at radius 3 is 2.84 bits per heavy atom. The van der Waals surface area contributed by atoms with Crippen molar-refractivity contribution in [2.75, 3.05) is 0 Å². The van der Waals surface area contributed by atoms with Crippen molar-refractivity contribution < 1.29 is 4.52 Å². The fraction of sp³-hybridized carbons (Fsp3) is 0.0833. The third-order valence-corrected chi connectivity index (χ3v) is 3.69. The van der Waals surface area contributed by atoms with Gasteiger partial charge in [-0.15, -0.1) is 11.3 Å². The number of aromatic nitrogens is 3. The second kappa shape index (κ2) is 5.08. The first-order valence-electron chi connectivity index (χ1n) is 5.51. The van der Waals surface area contributed by atoms with E-state index in [0.717, 1.165) is 10.6 Å². The molecule has 2 heterocycles. The van der Waals surface area contributed by atoms with E-state index in [2.05, 4.69) is 15.1 Å². The topological polar surface area (TPSA) is 77.8 Å². The van der Waals surface area contributed by atoms with Crippen molar-refractivity contribution in [3.8, 4) is 23.0 Å². The molecule has 0 saturated heterocycles. The molecule has 7 heteroatoms. The SMILES string of the molecule is NCc1nc(-c2nc(-c3ccccc3Cl)no2)cs1. The summed E-state index contributed by atoms with van der Waals surface area (Å²) in [6, 6.07) is 7.33. The Labute approximate surface area is 118 Å². The van der Waals surface area contributed by atoms with E-state index in [1.54, 1.807) is 6.07 Å². The molecule has 3 rings (SSSR count). The Morgan fingerprint density at radius 1 is 1.26 bits per heavy atom. The summed E-state index contributed by atoms with van der Waals surface area (Å²) in [6.07, 6.45) is 0. The highest BCUT2D eigenvalue weighted by atomic mass is 35.5. The summed E-state index contributed by atoms with van der Waals surface area (Å²) >= 11 is 7.55. The number of halogens is 1. The molecule has 0 amide bonds. The number of benzene rings is 1. The van der Waals surface area contributed by atoms with E-state index in [0.29, 0.717) is 29.0 Å². The van der Waals surface area contributed by atoms with Gasteiger partial charge in [0.25, 0.3) is 5.89 Å². The van der Waals surface area contributed by atoms with Crippen molar-refractivity contribution >= 4 is 22.9 Å². The van der Waals surface area contributed by atoms with Crippen LogP contribution < -0.4 is 5.73 Å². The molecule has 0 fully saturated rings. The lowest BCUT2D eigenvalue weighted by Crippen LogP contribution is -1.94. The number of rotatable bonds is 3. The van der Waals surface area contributed by atoms with E-state index in [4.69, 9.17) is 21.9 Å². The summed E-state index contributed by atoms with van der Waals surface area (Å²) in [6.45, 7) is 0.399. The molecule has 0 atom stereocenters. The quantitative estimate of drug-likeness (QED) is 0.803. The van der Waals surface area contributed by atoms with Crippen LogP contribution in [0, 0.1) is 0 Å². The monoisotopic (exact) mass is 292 g/mol. The van der Waals surface area contributed by atoms with Crippen molar-refractivity contribution in [3.63, 3.8) is 0 Å². The Morgan fingerprint density at radius 2 is 2.11 bits per heavy atom. The molecule has 5 nitrogen and oxygen atoms in total. The summed E-state index contributed by atoms with van der Waals surface area (Å²) in [7, 11) is 0. The fourth-order valence-electron chi connectivity index (χ4n) is 1.58. The lowest BCUT2D eigenvalue weighted by atomic mass is 10.2. The van der Waals surface area contributed by atoms with Gasteiger partial charge in [0, 0.05) is 17.5 Å². The molecule has 0 aliphatic carbocycles. The van der Waals surface area contributed by atoms with Crippen LogP contribution in [0.4, 0.5) is 0 Å². The van der Waals surface area contributed by atoms with Gasteiger partial charge in [0.1, 0.15) is 10.7 Å². The molecule has 3 aromatic rings. The number of hydrogen-bond acceptors (Lipinski definition) is 6. The Balaban J connectivity index is 1.97. The van der Waals surface area contributed by atoms with Crippen LogP contribution in [0.15, 0.2) is 34.2 Å². The molecule has 1 aromatic carbocycles.